The molecule has 38 heavy (non-hydrogen) atoms. The van der Waals surface area contributed by atoms with Crippen LogP contribution >= 0.6 is 0 Å². The number of aliphatic hydroxyl groups excluding tert-OH is 1. The minimum absolute atomic E-state index is 0.0949. The molecule has 0 unspecified atom stereocenters. The first-order chi connectivity index (χ1) is 18.6. The second kappa shape index (κ2) is 9.81. The Kier molecular flexibility index (Phi) is 6.29. The topological polar surface area (TPSA) is 98.7 Å². The van der Waals surface area contributed by atoms with Crippen molar-refractivity contribution >= 4 is 16.9 Å². The van der Waals surface area contributed by atoms with Crippen LogP contribution in [-0.2, 0) is 4.74 Å². The molecule has 0 amide bonds. The van der Waals surface area contributed by atoms with Crippen molar-refractivity contribution in [1.29, 1.82) is 0 Å². The molecule has 3 saturated heterocycles. The number of benzene rings is 1. The fraction of sp³-hybridized carbons (Fsp3) is 0.600. The van der Waals surface area contributed by atoms with E-state index >= 15 is 0 Å². The summed E-state index contributed by atoms with van der Waals surface area (Å²) in [5.41, 5.74) is 9.40. The lowest BCUT2D eigenvalue weighted by Crippen LogP contribution is -2.32. The van der Waals surface area contributed by atoms with E-state index in [0.29, 0.717) is 30.5 Å². The number of rotatable bonds is 7. The van der Waals surface area contributed by atoms with Crippen molar-refractivity contribution in [2.24, 2.45) is 5.92 Å². The summed E-state index contributed by atoms with van der Waals surface area (Å²) in [4.78, 5) is 11.5. The van der Waals surface area contributed by atoms with Crippen LogP contribution in [0.15, 0.2) is 36.8 Å². The number of anilines is 1. The van der Waals surface area contributed by atoms with E-state index in [4.69, 9.17) is 20.2 Å². The predicted octanol–water partition coefficient (Wildman–Crippen LogP) is 4.57. The minimum Gasteiger partial charge on any atom is -0.491 e. The maximum absolute atomic E-state index is 9.88. The summed E-state index contributed by atoms with van der Waals surface area (Å²) in [7, 11) is 0. The molecular formula is C30H39N5O3. The highest BCUT2D eigenvalue weighted by atomic mass is 16.6. The molecule has 4 fully saturated rings. The first kappa shape index (κ1) is 24.4. The van der Waals surface area contributed by atoms with Gasteiger partial charge in [0, 0.05) is 37.4 Å². The van der Waals surface area contributed by atoms with Crippen LogP contribution in [0.1, 0.15) is 63.8 Å². The van der Waals surface area contributed by atoms with Gasteiger partial charge in [0.1, 0.15) is 35.7 Å². The highest BCUT2D eigenvalue weighted by Crippen LogP contribution is 2.44. The van der Waals surface area contributed by atoms with Gasteiger partial charge in [-0.25, -0.2) is 9.97 Å². The number of β-amino-alcohol motifs (C(OH)–C–C–N with tert-alkyl or cyclic N) is 1. The smallest absolute Gasteiger partial charge is 0.146 e. The Morgan fingerprint density at radius 3 is 2.66 bits per heavy atom. The average molecular weight is 518 g/mol. The predicted molar refractivity (Wildman–Crippen MR) is 147 cm³/mol. The first-order valence-corrected chi connectivity index (χ1v) is 14.5. The number of nitrogen functional groups attached to an aromatic ring is 1. The molecule has 2 bridgehead atoms. The summed E-state index contributed by atoms with van der Waals surface area (Å²) in [5.74, 6) is 2.08. The van der Waals surface area contributed by atoms with Crippen LogP contribution in [0.4, 0.5) is 5.82 Å². The zero-order valence-corrected chi connectivity index (χ0v) is 22.1. The lowest BCUT2D eigenvalue weighted by Gasteiger charge is -2.32. The van der Waals surface area contributed by atoms with Gasteiger partial charge in [-0.15, -0.1) is 0 Å². The Hall–Kier alpha value is -2.68. The maximum Gasteiger partial charge on any atom is 0.146 e. The van der Waals surface area contributed by atoms with E-state index in [1.807, 2.05) is 6.07 Å². The van der Waals surface area contributed by atoms with Gasteiger partial charge in [-0.3, -0.25) is 0 Å². The zero-order valence-electron chi connectivity index (χ0n) is 22.1. The van der Waals surface area contributed by atoms with E-state index in [0.717, 1.165) is 92.5 Å². The quantitative estimate of drug-likeness (QED) is 0.474. The molecule has 202 valence electrons. The lowest BCUT2D eigenvalue weighted by atomic mass is 9.85. The van der Waals surface area contributed by atoms with Crippen LogP contribution in [0.3, 0.4) is 0 Å². The number of likely N-dealkylation sites (tertiary alicyclic amines) is 1. The van der Waals surface area contributed by atoms with E-state index in [9.17, 15) is 5.11 Å². The molecule has 0 radical (unpaired) electrons. The number of hydrogen-bond acceptors (Lipinski definition) is 7. The monoisotopic (exact) mass is 517 g/mol. The van der Waals surface area contributed by atoms with Crippen molar-refractivity contribution in [2.45, 2.75) is 81.6 Å². The van der Waals surface area contributed by atoms with Gasteiger partial charge >= 0.3 is 0 Å². The Morgan fingerprint density at radius 1 is 1.08 bits per heavy atom. The average Bonchev–Trinajstić information content (AvgIpc) is 3.72. The lowest BCUT2D eigenvalue weighted by molar-refractivity contribution is -0.0198. The molecule has 1 atom stereocenters. The Morgan fingerprint density at radius 2 is 1.92 bits per heavy atom. The number of hydrogen-bond donors (Lipinski definition) is 2. The number of fused-ring (bicyclic) bond motifs is 3. The van der Waals surface area contributed by atoms with Gasteiger partial charge in [-0.05, 0) is 81.4 Å². The van der Waals surface area contributed by atoms with Gasteiger partial charge in [0.15, 0.2) is 0 Å². The molecule has 7 rings (SSSR count). The van der Waals surface area contributed by atoms with E-state index in [-0.39, 0.29) is 11.7 Å². The number of nitrogens with two attached hydrogens (primary N) is 1. The van der Waals surface area contributed by atoms with Crippen LogP contribution in [0.2, 0.25) is 0 Å². The fourth-order valence-corrected chi connectivity index (χ4v) is 7.41. The Balaban J connectivity index is 1.10. The van der Waals surface area contributed by atoms with Crippen LogP contribution in [0, 0.1) is 5.92 Å². The third-order valence-electron chi connectivity index (χ3n) is 9.52. The molecule has 1 aliphatic carbocycles. The standard InChI is InChI=1S/C30H39N5O3/c31-28-27-26(21-2-1-3-25(14-21)37-18-30-11-8-24(38-30)9-12-30)17-35(29(27)33-19-32-28)22-6-4-20(5-7-22)15-34-13-10-23(36)16-34/h1-3,14,17,19-20,22-24,36H,4-13,15-16,18H2,(H2,31,32,33)/t20-,22-,23-,24?,30?/m0/s1. The van der Waals surface area contributed by atoms with Crippen LogP contribution in [0.25, 0.3) is 22.2 Å². The highest BCUT2D eigenvalue weighted by molar-refractivity contribution is 6.00. The second-order valence-corrected chi connectivity index (χ2v) is 12.1. The first-order valence-electron chi connectivity index (χ1n) is 14.5. The molecule has 3 N–H and O–H groups in total. The number of aliphatic hydroxyl groups is 1. The molecule has 1 saturated carbocycles. The van der Waals surface area contributed by atoms with Crippen molar-refractivity contribution in [3.8, 4) is 16.9 Å². The van der Waals surface area contributed by atoms with Gasteiger partial charge in [-0.1, -0.05) is 12.1 Å². The largest absolute Gasteiger partial charge is 0.491 e. The van der Waals surface area contributed by atoms with Gasteiger partial charge in [0.2, 0.25) is 0 Å². The Labute approximate surface area is 224 Å². The molecule has 4 aliphatic rings. The molecule has 8 nitrogen and oxygen atoms in total. The van der Waals surface area contributed by atoms with Gasteiger partial charge in [0.25, 0.3) is 0 Å². The third-order valence-corrected chi connectivity index (χ3v) is 9.52. The summed E-state index contributed by atoms with van der Waals surface area (Å²) >= 11 is 0. The Bertz CT molecular complexity index is 1290. The summed E-state index contributed by atoms with van der Waals surface area (Å²) < 4.78 is 14.9. The maximum atomic E-state index is 9.88. The molecule has 3 aliphatic heterocycles. The number of ether oxygens (including phenoxy) is 2. The molecule has 2 aromatic heterocycles. The molecule has 1 aromatic carbocycles. The fourth-order valence-electron chi connectivity index (χ4n) is 7.41. The third kappa shape index (κ3) is 4.56. The zero-order chi connectivity index (χ0) is 25.7. The number of nitrogens with zero attached hydrogens (tertiary/aromatic N) is 4. The van der Waals surface area contributed by atoms with Crippen LogP contribution < -0.4 is 10.5 Å². The van der Waals surface area contributed by atoms with Crippen molar-refractivity contribution < 1.29 is 14.6 Å². The molecule has 5 heterocycles. The van der Waals surface area contributed by atoms with Crippen LogP contribution in [-0.4, -0.2) is 68.6 Å². The normalized spacial score (nSPS) is 31.4. The van der Waals surface area contributed by atoms with E-state index in [1.54, 1.807) is 6.33 Å². The van der Waals surface area contributed by atoms with Gasteiger partial charge < -0.3 is 29.8 Å². The molecular weight excluding hydrogens is 478 g/mol. The SMILES string of the molecule is Nc1ncnc2c1c(-c1cccc(OCC34CCC(CC3)O4)c1)cn2[C@H]1CC[C@H](CN2CC[C@H](O)C2)CC1. The molecule has 0 spiro atoms. The van der Waals surface area contributed by atoms with Crippen molar-refractivity contribution in [3.05, 3.63) is 36.8 Å². The van der Waals surface area contributed by atoms with E-state index < -0.39 is 0 Å². The molecule has 3 aromatic rings. The minimum atomic E-state index is -0.143. The van der Waals surface area contributed by atoms with E-state index in [2.05, 4.69) is 38.8 Å². The van der Waals surface area contributed by atoms with Crippen LogP contribution in [0.5, 0.6) is 5.75 Å². The summed E-state index contributed by atoms with van der Waals surface area (Å²) in [5, 5.41) is 10.8. The number of aromatic nitrogens is 3. The van der Waals surface area contributed by atoms with Crippen molar-refractivity contribution in [1.82, 2.24) is 19.4 Å². The van der Waals surface area contributed by atoms with Crippen molar-refractivity contribution in [3.63, 3.8) is 0 Å². The second-order valence-electron chi connectivity index (χ2n) is 12.1. The summed E-state index contributed by atoms with van der Waals surface area (Å²) in [6.45, 7) is 3.58. The van der Waals surface area contributed by atoms with Gasteiger partial charge in [-0.2, -0.15) is 0 Å². The molecule has 8 heteroatoms. The van der Waals surface area contributed by atoms with Gasteiger partial charge in [0.05, 0.1) is 17.6 Å². The summed E-state index contributed by atoms with van der Waals surface area (Å²) in [6.07, 6.45) is 14.2. The van der Waals surface area contributed by atoms with E-state index in [1.165, 1.54) is 12.8 Å². The summed E-state index contributed by atoms with van der Waals surface area (Å²) in [6, 6.07) is 8.72. The van der Waals surface area contributed by atoms with Crippen molar-refractivity contribution in [2.75, 3.05) is 32.0 Å². The highest BCUT2D eigenvalue weighted by Gasteiger charge is 2.46.